The van der Waals surface area contributed by atoms with Crippen LogP contribution in [-0.4, -0.2) is 32.2 Å². The predicted octanol–water partition coefficient (Wildman–Crippen LogP) is 1.19. The highest BCUT2D eigenvalue weighted by atomic mass is 16.4. The van der Waals surface area contributed by atoms with Crippen LogP contribution in [0.15, 0.2) is 29.1 Å². The molecule has 2 aromatic rings. The van der Waals surface area contributed by atoms with Gasteiger partial charge in [0, 0.05) is 12.6 Å². The minimum atomic E-state index is -0.811. The normalized spacial score (nSPS) is 20.4. The zero-order valence-electron chi connectivity index (χ0n) is 13.6. The number of rotatable bonds is 5. The number of imidazole rings is 1. The molecule has 2 N–H and O–H groups in total. The van der Waals surface area contributed by atoms with Gasteiger partial charge in [0.1, 0.15) is 6.54 Å². The predicted molar refractivity (Wildman–Crippen MR) is 88.8 cm³/mol. The minimum absolute atomic E-state index is 0.0550. The second-order valence-corrected chi connectivity index (χ2v) is 6.21. The SMILES string of the molecule is CCn1c(=O)n(CC(=O)N[C@@H]2CC[C@H](C(=O)O)C2)c2ccccc21. The molecule has 1 aliphatic rings. The van der Waals surface area contributed by atoms with E-state index in [1.807, 2.05) is 31.2 Å². The molecule has 1 saturated carbocycles. The molecule has 1 aromatic carbocycles. The van der Waals surface area contributed by atoms with Crippen LogP contribution in [0.3, 0.4) is 0 Å². The molecule has 1 aliphatic carbocycles. The Hall–Kier alpha value is -2.57. The average molecular weight is 331 g/mol. The second-order valence-electron chi connectivity index (χ2n) is 6.21. The molecular weight excluding hydrogens is 310 g/mol. The van der Waals surface area contributed by atoms with Gasteiger partial charge in [0.25, 0.3) is 0 Å². The Morgan fingerprint density at radius 2 is 1.88 bits per heavy atom. The number of carbonyl (C=O) groups excluding carboxylic acids is 1. The van der Waals surface area contributed by atoms with Gasteiger partial charge in [-0.3, -0.25) is 18.7 Å². The van der Waals surface area contributed by atoms with Crippen LogP contribution in [0.4, 0.5) is 0 Å². The second kappa shape index (κ2) is 6.51. The van der Waals surface area contributed by atoms with Crippen molar-refractivity contribution in [3.8, 4) is 0 Å². The lowest BCUT2D eigenvalue weighted by Gasteiger charge is -2.12. The van der Waals surface area contributed by atoms with Crippen LogP contribution in [0.25, 0.3) is 11.0 Å². The van der Waals surface area contributed by atoms with E-state index in [1.165, 1.54) is 4.57 Å². The van der Waals surface area contributed by atoms with E-state index in [4.69, 9.17) is 5.11 Å². The zero-order chi connectivity index (χ0) is 17.3. The van der Waals surface area contributed by atoms with E-state index in [0.717, 1.165) is 11.0 Å². The summed E-state index contributed by atoms with van der Waals surface area (Å²) < 4.78 is 3.11. The van der Waals surface area contributed by atoms with Crippen molar-refractivity contribution in [2.24, 2.45) is 5.92 Å². The van der Waals surface area contributed by atoms with Crippen molar-refractivity contribution in [3.05, 3.63) is 34.7 Å². The first-order chi connectivity index (χ1) is 11.5. The third kappa shape index (κ3) is 2.93. The molecule has 1 aromatic heterocycles. The van der Waals surface area contributed by atoms with Crippen molar-refractivity contribution < 1.29 is 14.7 Å². The fourth-order valence-corrected chi connectivity index (χ4v) is 3.48. The Balaban J connectivity index is 1.76. The number of carbonyl (C=O) groups is 2. The topological polar surface area (TPSA) is 93.3 Å². The van der Waals surface area contributed by atoms with E-state index >= 15 is 0 Å². The summed E-state index contributed by atoms with van der Waals surface area (Å²) in [4.78, 5) is 35.8. The van der Waals surface area contributed by atoms with Crippen LogP contribution >= 0.6 is 0 Å². The van der Waals surface area contributed by atoms with Crippen LogP contribution in [0.5, 0.6) is 0 Å². The molecule has 1 fully saturated rings. The number of para-hydroxylation sites is 2. The van der Waals surface area contributed by atoms with Gasteiger partial charge in [-0.05, 0) is 38.3 Å². The van der Waals surface area contributed by atoms with Gasteiger partial charge in [-0.15, -0.1) is 0 Å². The van der Waals surface area contributed by atoms with Gasteiger partial charge in [0.05, 0.1) is 17.0 Å². The number of fused-ring (bicyclic) bond motifs is 1. The molecule has 128 valence electrons. The molecule has 0 bridgehead atoms. The Bertz CT molecular complexity index is 836. The van der Waals surface area contributed by atoms with Crippen LogP contribution in [-0.2, 0) is 22.7 Å². The van der Waals surface area contributed by atoms with Gasteiger partial charge < -0.3 is 10.4 Å². The maximum atomic E-state index is 12.5. The Morgan fingerprint density at radius 1 is 1.21 bits per heavy atom. The van der Waals surface area contributed by atoms with Crippen molar-refractivity contribution in [1.82, 2.24) is 14.5 Å². The van der Waals surface area contributed by atoms with E-state index in [-0.39, 0.29) is 30.1 Å². The molecule has 0 saturated heterocycles. The highest BCUT2D eigenvalue weighted by Crippen LogP contribution is 2.25. The number of nitrogens with zero attached hydrogens (tertiary/aromatic N) is 2. The number of carboxylic acid groups (broad SMARTS) is 1. The summed E-state index contributed by atoms with van der Waals surface area (Å²) in [6.07, 6.45) is 1.69. The fourth-order valence-electron chi connectivity index (χ4n) is 3.48. The number of hydrogen-bond acceptors (Lipinski definition) is 3. The standard InChI is InChI=1S/C17H21N3O4/c1-2-19-13-5-3-4-6-14(13)20(17(19)24)10-15(21)18-12-8-7-11(9-12)16(22)23/h3-6,11-12H,2,7-10H2,1H3,(H,18,21)(H,22,23)/t11-,12+/m0/s1. The van der Waals surface area contributed by atoms with Crippen molar-refractivity contribution in [2.45, 2.75) is 45.3 Å². The molecule has 0 unspecified atom stereocenters. The Morgan fingerprint density at radius 3 is 2.46 bits per heavy atom. The third-order valence-electron chi connectivity index (χ3n) is 4.69. The minimum Gasteiger partial charge on any atom is -0.481 e. The van der Waals surface area contributed by atoms with Gasteiger partial charge in [-0.1, -0.05) is 12.1 Å². The summed E-state index contributed by atoms with van der Waals surface area (Å²) in [6.45, 7) is 2.38. The van der Waals surface area contributed by atoms with Crippen molar-refractivity contribution in [1.29, 1.82) is 0 Å². The maximum Gasteiger partial charge on any atom is 0.329 e. The molecule has 0 radical (unpaired) electrons. The van der Waals surface area contributed by atoms with Gasteiger partial charge >= 0.3 is 11.7 Å². The Kier molecular flexibility index (Phi) is 4.42. The summed E-state index contributed by atoms with van der Waals surface area (Å²) in [5.41, 5.74) is 1.34. The largest absolute Gasteiger partial charge is 0.481 e. The third-order valence-corrected chi connectivity index (χ3v) is 4.69. The van der Waals surface area contributed by atoms with Crippen LogP contribution in [0.1, 0.15) is 26.2 Å². The highest BCUT2D eigenvalue weighted by Gasteiger charge is 2.30. The highest BCUT2D eigenvalue weighted by molar-refractivity contribution is 5.81. The number of aryl methyl sites for hydroxylation is 1. The lowest BCUT2D eigenvalue weighted by molar-refractivity contribution is -0.141. The zero-order valence-corrected chi connectivity index (χ0v) is 13.6. The number of hydrogen-bond donors (Lipinski definition) is 2. The number of aromatic nitrogens is 2. The molecule has 7 heteroatoms. The molecule has 1 heterocycles. The number of amides is 1. The molecule has 7 nitrogen and oxygen atoms in total. The molecule has 0 spiro atoms. The smallest absolute Gasteiger partial charge is 0.329 e. The summed E-state index contributed by atoms with van der Waals surface area (Å²) in [6, 6.07) is 7.26. The quantitative estimate of drug-likeness (QED) is 0.861. The molecule has 24 heavy (non-hydrogen) atoms. The molecular formula is C17H21N3O4. The monoisotopic (exact) mass is 331 g/mol. The fraction of sp³-hybridized carbons (Fsp3) is 0.471. The van der Waals surface area contributed by atoms with E-state index in [1.54, 1.807) is 4.57 Å². The molecule has 1 amide bonds. The number of aliphatic carboxylic acids is 1. The summed E-state index contributed by atoms with van der Waals surface area (Å²) in [5.74, 6) is -1.46. The van der Waals surface area contributed by atoms with Gasteiger partial charge in [-0.25, -0.2) is 4.79 Å². The first-order valence-electron chi connectivity index (χ1n) is 8.21. The maximum absolute atomic E-state index is 12.5. The first-order valence-corrected chi connectivity index (χ1v) is 8.21. The molecule has 2 atom stereocenters. The van der Waals surface area contributed by atoms with E-state index in [0.29, 0.717) is 25.8 Å². The van der Waals surface area contributed by atoms with E-state index < -0.39 is 5.97 Å². The summed E-state index contributed by atoms with van der Waals surface area (Å²) in [7, 11) is 0. The van der Waals surface area contributed by atoms with Gasteiger partial charge in [0.15, 0.2) is 0 Å². The van der Waals surface area contributed by atoms with Gasteiger partial charge in [-0.2, -0.15) is 0 Å². The lowest BCUT2D eigenvalue weighted by Crippen LogP contribution is -2.38. The summed E-state index contributed by atoms with van der Waals surface area (Å²) >= 11 is 0. The average Bonchev–Trinajstić information content (AvgIpc) is 3.11. The Labute approximate surface area is 138 Å². The van der Waals surface area contributed by atoms with Crippen molar-refractivity contribution in [2.75, 3.05) is 0 Å². The van der Waals surface area contributed by atoms with Crippen LogP contribution in [0, 0.1) is 5.92 Å². The number of carboxylic acids is 1. The van der Waals surface area contributed by atoms with Crippen molar-refractivity contribution in [3.63, 3.8) is 0 Å². The first kappa shape index (κ1) is 16.3. The van der Waals surface area contributed by atoms with E-state index in [2.05, 4.69) is 5.32 Å². The molecule has 3 rings (SSSR count). The van der Waals surface area contributed by atoms with Crippen molar-refractivity contribution >= 4 is 22.9 Å². The van der Waals surface area contributed by atoms with E-state index in [9.17, 15) is 14.4 Å². The lowest BCUT2D eigenvalue weighted by atomic mass is 10.1. The number of benzene rings is 1. The summed E-state index contributed by atoms with van der Waals surface area (Å²) in [5, 5.41) is 11.9. The van der Waals surface area contributed by atoms with Crippen LogP contribution in [0.2, 0.25) is 0 Å². The number of nitrogens with one attached hydrogen (secondary N) is 1. The van der Waals surface area contributed by atoms with Crippen LogP contribution < -0.4 is 11.0 Å². The molecule has 0 aliphatic heterocycles. The van der Waals surface area contributed by atoms with Gasteiger partial charge in [0.2, 0.25) is 5.91 Å².